The highest BCUT2D eigenvalue weighted by molar-refractivity contribution is 5.45. The van der Waals surface area contributed by atoms with Crippen LogP contribution < -0.4 is 5.32 Å². The number of aromatic nitrogens is 2. The van der Waals surface area contributed by atoms with Crippen molar-refractivity contribution >= 4 is 5.69 Å². The molecule has 0 spiro atoms. The van der Waals surface area contributed by atoms with Gasteiger partial charge in [-0.2, -0.15) is 5.10 Å². The Morgan fingerprint density at radius 3 is 2.56 bits per heavy atom. The number of nitrogens with one attached hydrogen (secondary N) is 1. The Morgan fingerprint density at radius 2 is 1.94 bits per heavy atom. The summed E-state index contributed by atoms with van der Waals surface area (Å²) in [4.78, 5) is 0. The predicted octanol–water partition coefficient (Wildman–Crippen LogP) is 2.27. The van der Waals surface area contributed by atoms with Crippen molar-refractivity contribution in [1.29, 1.82) is 0 Å². The minimum absolute atomic E-state index is 0.0883. The van der Waals surface area contributed by atoms with E-state index in [1.54, 1.807) is 23.1 Å². The largest absolute Gasteiger partial charge is 0.378 e. The summed E-state index contributed by atoms with van der Waals surface area (Å²) in [5, 5.41) is 6.69. The monoisotopic (exact) mass is 223 g/mol. The van der Waals surface area contributed by atoms with Crippen molar-refractivity contribution < 1.29 is 8.78 Å². The van der Waals surface area contributed by atoms with Gasteiger partial charge in [-0.1, -0.05) is 6.07 Å². The molecular formula is C11H11F2N3. The number of para-hydroxylation sites is 1. The maximum atomic E-state index is 13.2. The van der Waals surface area contributed by atoms with Gasteiger partial charge in [0.25, 0.3) is 0 Å². The number of halogens is 2. The van der Waals surface area contributed by atoms with Crippen LogP contribution in [0.1, 0.15) is 0 Å². The van der Waals surface area contributed by atoms with E-state index in [0.29, 0.717) is 13.1 Å². The molecule has 0 saturated heterocycles. The van der Waals surface area contributed by atoms with Crippen LogP contribution >= 0.6 is 0 Å². The van der Waals surface area contributed by atoms with E-state index in [1.165, 1.54) is 18.2 Å². The normalized spacial score (nSPS) is 10.4. The molecule has 5 heteroatoms. The molecule has 3 nitrogen and oxygen atoms in total. The second kappa shape index (κ2) is 4.74. The number of hydrogen-bond acceptors (Lipinski definition) is 2. The SMILES string of the molecule is Fc1cccc(F)c1NCCn1cccn1. The third-order valence-corrected chi connectivity index (χ3v) is 2.16. The van der Waals surface area contributed by atoms with Gasteiger partial charge in [0.15, 0.2) is 0 Å². The molecule has 2 rings (SSSR count). The number of nitrogens with zero attached hydrogens (tertiary/aromatic N) is 2. The van der Waals surface area contributed by atoms with Crippen LogP contribution in [-0.4, -0.2) is 16.3 Å². The van der Waals surface area contributed by atoms with Crippen LogP contribution in [0.2, 0.25) is 0 Å². The van der Waals surface area contributed by atoms with Gasteiger partial charge in [0.05, 0.1) is 6.54 Å². The quantitative estimate of drug-likeness (QED) is 0.861. The van der Waals surface area contributed by atoms with Gasteiger partial charge in [-0.05, 0) is 18.2 Å². The third kappa shape index (κ3) is 2.36. The van der Waals surface area contributed by atoms with Gasteiger partial charge >= 0.3 is 0 Å². The summed E-state index contributed by atoms with van der Waals surface area (Å²) in [5.41, 5.74) is -0.0883. The third-order valence-electron chi connectivity index (χ3n) is 2.16. The highest BCUT2D eigenvalue weighted by Crippen LogP contribution is 2.17. The number of hydrogen-bond donors (Lipinski definition) is 1. The minimum Gasteiger partial charge on any atom is -0.378 e. The summed E-state index contributed by atoms with van der Waals surface area (Å²) in [5.74, 6) is -1.17. The van der Waals surface area contributed by atoms with E-state index in [9.17, 15) is 8.78 Å². The van der Waals surface area contributed by atoms with Crippen molar-refractivity contribution in [2.75, 3.05) is 11.9 Å². The lowest BCUT2D eigenvalue weighted by molar-refractivity contribution is 0.581. The summed E-state index contributed by atoms with van der Waals surface area (Å²) < 4.78 is 28.1. The van der Waals surface area contributed by atoms with Crippen molar-refractivity contribution in [3.63, 3.8) is 0 Å². The Kier molecular flexibility index (Phi) is 3.14. The van der Waals surface area contributed by atoms with Crippen LogP contribution in [0.15, 0.2) is 36.7 Å². The predicted molar refractivity (Wildman–Crippen MR) is 57.1 cm³/mol. The molecule has 1 aromatic heterocycles. The molecule has 16 heavy (non-hydrogen) atoms. The molecule has 0 aliphatic carbocycles. The summed E-state index contributed by atoms with van der Waals surface area (Å²) in [6.45, 7) is 0.973. The summed E-state index contributed by atoms with van der Waals surface area (Å²) in [7, 11) is 0. The number of benzene rings is 1. The first-order chi connectivity index (χ1) is 7.77. The van der Waals surface area contributed by atoms with E-state index < -0.39 is 11.6 Å². The zero-order valence-electron chi connectivity index (χ0n) is 8.53. The van der Waals surface area contributed by atoms with E-state index in [-0.39, 0.29) is 5.69 Å². The fourth-order valence-electron chi connectivity index (χ4n) is 1.39. The summed E-state index contributed by atoms with van der Waals surface area (Å²) in [6.07, 6.45) is 3.45. The molecule has 0 bridgehead atoms. The molecular weight excluding hydrogens is 212 g/mol. The van der Waals surface area contributed by atoms with Crippen LogP contribution in [0, 0.1) is 11.6 Å². The molecule has 0 saturated carbocycles. The molecule has 1 N–H and O–H groups in total. The molecule has 0 fully saturated rings. The van der Waals surface area contributed by atoms with Gasteiger partial charge in [0, 0.05) is 18.9 Å². The van der Waals surface area contributed by atoms with Gasteiger partial charge in [-0.3, -0.25) is 4.68 Å². The molecule has 84 valence electrons. The summed E-state index contributed by atoms with van der Waals surface area (Å²) >= 11 is 0. The van der Waals surface area contributed by atoms with E-state index in [0.717, 1.165) is 0 Å². The topological polar surface area (TPSA) is 29.9 Å². The van der Waals surface area contributed by atoms with E-state index in [1.807, 2.05) is 0 Å². The molecule has 0 aliphatic rings. The van der Waals surface area contributed by atoms with Gasteiger partial charge in [0.2, 0.25) is 0 Å². The van der Waals surface area contributed by atoms with Crippen molar-refractivity contribution in [1.82, 2.24) is 9.78 Å². The number of rotatable bonds is 4. The smallest absolute Gasteiger partial charge is 0.149 e. The Bertz CT molecular complexity index is 434. The van der Waals surface area contributed by atoms with Gasteiger partial charge in [-0.15, -0.1) is 0 Å². The second-order valence-corrected chi connectivity index (χ2v) is 3.29. The van der Waals surface area contributed by atoms with Crippen LogP contribution in [0.4, 0.5) is 14.5 Å². The standard InChI is InChI=1S/C11H11F2N3/c12-9-3-1-4-10(13)11(9)14-6-8-16-7-2-5-15-16/h1-5,7,14H,6,8H2. The van der Waals surface area contributed by atoms with Crippen LogP contribution in [0.3, 0.4) is 0 Å². The van der Waals surface area contributed by atoms with E-state index in [2.05, 4.69) is 10.4 Å². The maximum Gasteiger partial charge on any atom is 0.149 e. The highest BCUT2D eigenvalue weighted by atomic mass is 19.1. The molecule has 0 atom stereocenters. The van der Waals surface area contributed by atoms with Crippen molar-refractivity contribution in [3.05, 3.63) is 48.3 Å². The minimum atomic E-state index is -0.583. The van der Waals surface area contributed by atoms with Gasteiger partial charge in [-0.25, -0.2) is 8.78 Å². The second-order valence-electron chi connectivity index (χ2n) is 3.29. The van der Waals surface area contributed by atoms with Crippen LogP contribution in [-0.2, 0) is 6.54 Å². The van der Waals surface area contributed by atoms with Gasteiger partial charge < -0.3 is 5.32 Å². The molecule has 0 aliphatic heterocycles. The number of anilines is 1. The lowest BCUT2D eigenvalue weighted by atomic mass is 10.3. The molecule has 1 heterocycles. The van der Waals surface area contributed by atoms with Crippen molar-refractivity contribution in [3.8, 4) is 0 Å². The first kappa shape index (κ1) is 10.6. The van der Waals surface area contributed by atoms with Crippen LogP contribution in [0.25, 0.3) is 0 Å². The maximum absolute atomic E-state index is 13.2. The van der Waals surface area contributed by atoms with Crippen LogP contribution in [0.5, 0.6) is 0 Å². The highest BCUT2D eigenvalue weighted by Gasteiger charge is 2.06. The lowest BCUT2D eigenvalue weighted by Crippen LogP contribution is -2.12. The van der Waals surface area contributed by atoms with E-state index >= 15 is 0 Å². The Labute approximate surface area is 91.7 Å². The molecule has 0 unspecified atom stereocenters. The first-order valence-electron chi connectivity index (χ1n) is 4.92. The van der Waals surface area contributed by atoms with Gasteiger partial charge in [0.1, 0.15) is 17.3 Å². The zero-order valence-corrected chi connectivity index (χ0v) is 8.53. The summed E-state index contributed by atoms with van der Waals surface area (Å²) in [6, 6.07) is 5.58. The zero-order chi connectivity index (χ0) is 11.4. The fraction of sp³-hybridized carbons (Fsp3) is 0.182. The average Bonchev–Trinajstić information content (AvgIpc) is 2.75. The van der Waals surface area contributed by atoms with Crippen molar-refractivity contribution in [2.45, 2.75) is 6.54 Å². The average molecular weight is 223 g/mol. The van der Waals surface area contributed by atoms with Crippen molar-refractivity contribution in [2.24, 2.45) is 0 Å². The Morgan fingerprint density at radius 1 is 1.19 bits per heavy atom. The molecule has 1 aromatic carbocycles. The fourth-order valence-corrected chi connectivity index (χ4v) is 1.39. The Hall–Kier alpha value is -1.91. The molecule has 0 amide bonds. The first-order valence-corrected chi connectivity index (χ1v) is 4.92. The molecule has 2 aromatic rings. The Balaban J connectivity index is 1.95. The molecule has 0 radical (unpaired) electrons. The lowest BCUT2D eigenvalue weighted by Gasteiger charge is -2.08. The van der Waals surface area contributed by atoms with E-state index in [4.69, 9.17) is 0 Å².